The van der Waals surface area contributed by atoms with Crippen molar-refractivity contribution in [1.29, 1.82) is 0 Å². The van der Waals surface area contributed by atoms with Crippen LogP contribution in [0, 0.1) is 13.7 Å². The van der Waals surface area contributed by atoms with Crippen LogP contribution in [0.1, 0.15) is 0 Å². The molecule has 0 amide bonds. The molecule has 0 radical (unpaired) electrons. The Kier molecular flexibility index (Phi) is 2.89. The van der Waals surface area contributed by atoms with Crippen molar-refractivity contribution in [3.05, 3.63) is 30.3 Å². The van der Waals surface area contributed by atoms with E-state index in [2.05, 4.69) is 15.9 Å². The summed E-state index contributed by atoms with van der Waals surface area (Å²) in [6.45, 7) is 0. The molecule has 0 saturated heterocycles. The summed E-state index contributed by atoms with van der Waals surface area (Å²) < 4.78 is 1.03. The van der Waals surface area contributed by atoms with E-state index < -0.39 is 4.92 Å². The first-order valence-electron chi connectivity index (χ1n) is 2.85. The minimum Gasteiger partial charge on any atom is -0.501 e. The van der Waals surface area contributed by atoms with Gasteiger partial charge in [-0.1, -0.05) is 0 Å². The molecular weight excluding hydrogens is 341 g/mol. The fourth-order valence-corrected chi connectivity index (χ4v) is 2.18. The number of phenolic OH excluding ortho intramolecular Hbond substituents is 1. The van der Waals surface area contributed by atoms with Gasteiger partial charge in [-0.3, -0.25) is 10.1 Å². The van der Waals surface area contributed by atoms with Gasteiger partial charge in [-0.05, 0) is 44.6 Å². The SMILES string of the molecule is O=[N+]([O-])c1cc(I)cc(Br)c1O. The molecule has 1 rings (SSSR count). The third-order valence-electron chi connectivity index (χ3n) is 1.20. The van der Waals surface area contributed by atoms with E-state index in [0.29, 0.717) is 8.04 Å². The Bertz CT molecular complexity index is 342. The van der Waals surface area contributed by atoms with Crippen molar-refractivity contribution < 1.29 is 10.0 Å². The Labute approximate surface area is 90.0 Å². The predicted molar refractivity (Wildman–Crippen MR) is 55.2 cm³/mol. The smallest absolute Gasteiger partial charge is 0.312 e. The summed E-state index contributed by atoms with van der Waals surface area (Å²) in [7, 11) is 0. The average molecular weight is 344 g/mol. The number of halogens is 2. The number of aromatic hydroxyl groups is 1. The molecule has 1 aromatic carbocycles. The Balaban J connectivity index is 3.37. The van der Waals surface area contributed by atoms with Gasteiger partial charge in [-0.2, -0.15) is 0 Å². The highest BCUT2D eigenvalue weighted by molar-refractivity contribution is 14.1. The summed E-state index contributed by atoms with van der Waals surface area (Å²) >= 11 is 4.94. The number of hydrogen-bond acceptors (Lipinski definition) is 3. The average Bonchev–Trinajstić information content (AvgIpc) is 1.96. The second kappa shape index (κ2) is 3.56. The normalized spacial score (nSPS) is 9.83. The number of benzene rings is 1. The topological polar surface area (TPSA) is 63.4 Å². The molecule has 0 aliphatic carbocycles. The first-order chi connectivity index (χ1) is 5.52. The van der Waals surface area contributed by atoms with E-state index >= 15 is 0 Å². The van der Waals surface area contributed by atoms with E-state index in [9.17, 15) is 15.2 Å². The molecule has 0 unspecified atom stereocenters. The number of phenols is 1. The van der Waals surface area contributed by atoms with Crippen LogP contribution in [-0.2, 0) is 0 Å². The minimum atomic E-state index is -0.623. The Morgan fingerprint density at radius 1 is 1.58 bits per heavy atom. The quantitative estimate of drug-likeness (QED) is 0.484. The maximum Gasteiger partial charge on any atom is 0.312 e. The van der Waals surface area contributed by atoms with Crippen LogP contribution < -0.4 is 0 Å². The highest BCUT2D eigenvalue weighted by Gasteiger charge is 2.16. The van der Waals surface area contributed by atoms with Gasteiger partial charge in [0.05, 0.1) is 9.40 Å². The summed E-state index contributed by atoms with van der Waals surface area (Å²) in [5.41, 5.74) is -0.284. The van der Waals surface area contributed by atoms with Crippen molar-refractivity contribution in [2.24, 2.45) is 0 Å². The van der Waals surface area contributed by atoms with Crippen molar-refractivity contribution in [3.8, 4) is 5.75 Å². The summed E-state index contributed by atoms with van der Waals surface area (Å²) in [4.78, 5) is 9.72. The molecule has 0 spiro atoms. The zero-order chi connectivity index (χ0) is 9.30. The fraction of sp³-hybridized carbons (Fsp3) is 0. The second-order valence-corrected chi connectivity index (χ2v) is 4.11. The first-order valence-corrected chi connectivity index (χ1v) is 4.72. The van der Waals surface area contributed by atoms with E-state index in [4.69, 9.17) is 0 Å². The molecule has 12 heavy (non-hydrogen) atoms. The van der Waals surface area contributed by atoms with Gasteiger partial charge >= 0.3 is 5.69 Å². The van der Waals surface area contributed by atoms with Gasteiger partial charge in [0.25, 0.3) is 0 Å². The zero-order valence-corrected chi connectivity index (χ0v) is 9.37. The van der Waals surface area contributed by atoms with E-state index in [-0.39, 0.29) is 11.4 Å². The molecule has 1 N–H and O–H groups in total. The molecule has 1 aromatic rings. The van der Waals surface area contributed by atoms with Crippen molar-refractivity contribution >= 4 is 44.2 Å². The lowest BCUT2D eigenvalue weighted by molar-refractivity contribution is -0.386. The number of rotatable bonds is 1. The molecule has 0 aliphatic rings. The summed E-state index contributed by atoms with van der Waals surface area (Å²) in [5, 5.41) is 19.5. The van der Waals surface area contributed by atoms with Crippen LogP contribution in [0.15, 0.2) is 16.6 Å². The van der Waals surface area contributed by atoms with Crippen LogP contribution in [0.2, 0.25) is 0 Å². The summed E-state index contributed by atoms with van der Waals surface area (Å²) in [6.07, 6.45) is 0. The van der Waals surface area contributed by atoms with Crippen LogP contribution in [0.25, 0.3) is 0 Å². The van der Waals surface area contributed by atoms with E-state index in [1.807, 2.05) is 22.6 Å². The lowest BCUT2D eigenvalue weighted by atomic mass is 10.3. The molecule has 0 heterocycles. The third-order valence-corrected chi connectivity index (χ3v) is 2.43. The molecule has 0 atom stereocenters. The van der Waals surface area contributed by atoms with Crippen LogP contribution in [0.5, 0.6) is 5.75 Å². The highest BCUT2D eigenvalue weighted by Crippen LogP contribution is 2.35. The number of nitro benzene ring substituents is 1. The second-order valence-electron chi connectivity index (χ2n) is 2.01. The highest BCUT2D eigenvalue weighted by atomic mass is 127. The lowest BCUT2D eigenvalue weighted by Gasteiger charge is -1.98. The van der Waals surface area contributed by atoms with Crippen LogP contribution in [0.4, 0.5) is 5.69 Å². The van der Waals surface area contributed by atoms with Crippen LogP contribution in [-0.4, -0.2) is 10.0 Å². The molecule has 0 aromatic heterocycles. The van der Waals surface area contributed by atoms with Gasteiger partial charge in [-0.15, -0.1) is 0 Å². The maximum atomic E-state index is 10.3. The Hall–Kier alpha value is -0.370. The van der Waals surface area contributed by atoms with Gasteiger partial charge in [0, 0.05) is 9.64 Å². The Morgan fingerprint density at radius 2 is 2.17 bits per heavy atom. The van der Waals surface area contributed by atoms with Crippen molar-refractivity contribution in [2.75, 3.05) is 0 Å². The van der Waals surface area contributed by atoms with Gasteiger partial charge in [0.2, 0.25) is 5.75 Å². The lowest BCUT2D eigenvalue weighted by Crippen LogP contribution is -1.89. The van der Waals surface area contributed by atoms with Gasteiger partial charge in [-0.25, -0.2) is 0 Å². The molecule has 0 saturated carbocycles. The van der Waals surface area contributed by atoms with Gasteiger partial charge in [0.15, 0.2) is 0 Å². The number of nitrogens with zero attached hydrogens (tertiary/aromatic N) is 1. The summed E-state index contributed by atoms with van der Waals surface area (Å²) in [6, 6.07) is 2.91. The molecule has 0 aliphatic heterocycles. The minimum absolute atomic E-state index is 0.284. The largest absolute Gasteiger partial charge is 0.501 e. The van der Waals surface area contributed by atoms with Crippen molar-refractivity contribution in [3.63, 3.8) is 0 Å². The van der Waals surface area contributed by atoms with Crippen molar-refractivity contribution in [2.45, 2.75) is 0 Å². The van der Waals surface area contributed by atoms with Crippen LogP contribution in [0.3, 0.4) is 0 Å². The van der Waals surface area contributed by atoms with E-state index in [1.165, 1.54) is 6.07 Å². The maximum absolute atomic E-state index is 10.3. The monoisotopic (exact) mass is 343 g/mol. The third kappa shape index (κ3) is 1.86. The summed E-state index contributed by atoms with van der Waals surface area (Å²) in [5.74, 6) is -0.333. The van der Waals surface area contributed by atoms with Gasteiger partial charge in [0.1, 0.15) is 0 Å². The number of hydrogen-bond donors (Lipinski definition) is 1. The molecule has 6 heteroatoms. The molecular formula is C6H3BrINO3. The first kappa shape index (κ1) is 9.72. The Morgan fingerprint density at radius 3 is 2.67 bits per heavy atom. The number of nitro groups is 1. The predicted octanol–water partition coefficient (Wildman–Crippen LogP) is 2.67. The van der Waals surface area contributed by atoms with Crippen LogP contribution >= 0.6 is 38.5 Å². The molecule has 0 fully saturated rings. The molecule has 4 nitrogen and oxygen atoms in total. The fourth-order valence-electron chi connectivity index (χ4n) is 0.692. The van der Waals surface area contributed by atoms with Crippen molar-refractivity contribution in [1.82, 2.24) is 0 Å². The zero-order valence-electron chi connectivity index (χ0n) is 5.62. The molecule has 64 valence electrons. The van der Waals surface area contributed by atoms with Gasteiger partial charge < -0.3 is 5.11 Å². The van der Waals surface area contributed by atoms with E-state index in [1.54, 1.807) is 6.07 Å². The standard InChI is InChI=1S/C6H3BrINO3/c7-4-1-3(8)2-5(6(4)10)9(11)12/h1-2,10H. The van der Waals surface area contributed by atoms with E-state index in [0.717, 1.165) is 0 Å². The molecule has 0 bridgehead atoms.